The Balaban J connectivity index is 2.34. The van der Waals surface area contributed by atoms with E-state index in [0.717, 1.165) is 35.0 Å². The van der Waals surface area contributed by atoms with Crippen LogP contribution in [0.1, 0.15) is 11.4 Å². The van der Waals surface area contributed by atoms with Crippen LogP contribution in [0.2, 0.25) is 0 Å². The van der Waals surface area contributed by atoms with Gasteiger partial charge in [0.05, 0.1) is 11.4 Å². The molecule has 0 aliphatic carbocycles. The molecule has 1 aromatic heterocycles. The van der Waals surface area contributed by atoms with Crippen LogP contribution in [0.4, 0.5) is 26.3 Å². The van der Waals surface area contributed by atoms with Crippen LogP contribution in [0.5, 0.6) is 5.75 Å². The highest BCUT2D eigenvalue weighted by Crippen LogP contribution is 2.30. The number of hydrogen-bond acceptors (Lipinski definition) is 3. The van der Waals surface area contributed by atoms with Gasteiger partial charge in [-0.2, -0.15) is 18.3 Å². The van der Waals surface area contributed by atoms with E-state index in [0.29, 0.717) is 0 Å². The van der Waals surface area contributed by atoms with Gasteiger partial charge in [0.15, 0.2) is 5.69 Å². The van der Waals surface area contributed by atoms with E-state index < -0.39 is 24.0 Å². The lowest BCUT2D eigenvalue weighted by atomic mass is 10.3. The summed E-state index contributed by atoms with van der Waals surface area (Å²) >= 11 is 0. The second-order valence-electron chi connectivity index (χ2n) is 4.18. The second-order valence-corrected chi connectivity index (χ2v) is 4.18. The Hall–Kier alpha value is -2.23. The fraction of sp³-hybridized carbons (Fsp3) is 0.250. The van der Waals surface area contributed by atoms with E-state index in [9.17, 15) is 26.3 Å². The molecule has 0 amide bonds. The predicted octanol–water partition coefficient (Wildman–Crippen LogP) is 3.25. The number of nitrogens with zero attached hydrogens (tertiary/aromatic N) is 2. The molecule has 0 aliphatic heterocycles. The van der Waals surface area contributed by atoms with E-state index in [1.807, 2.05) is 0 Å². The number of ether oxygens (including phenoxy) is 1. The highest BCUT2D eigenvalue weighted by molar-refractivity contribution is 5.38. The molecule has 0 spiro atoms. The Kier molecular flexibility index (Phi) is 4.05. The highest BCUT2D eigenvalue weighted by atomic mass is 19.4. The minimum absolute atomic E-state index is 0.0665. The third-order valence-electron chi connectivity index (χ3n) is 2.60. The minimum Gasteiger partial charge on any atom is -0.406 e. The first-order valence-corrected chi connectivity index (χ1v) is 5.82. The maximum absolute atomic E-state index is 12.6. The highest BCUT2D eigenvalue weighted by Gasteiger charge is 2.35. The van der Waals surface area contributed by atoms with Crippen LogP contribution in [0.25, 0.3) is 5.69 Å². The zero-order valence-corrected chi connectivity index (χ0v) is 10.7. The molecule has 1 aromatic carbocycles. The quantitative estimate of drug-likeness (QED) is 0.882. The average Bonchev–Trinajstić information content (AvgIpc) is 2.81. The summed E-state index contributed by atoms with van der Waals surface area (Å²) in [6, 6.07) is 5.01. The summed E-state index contributed by atoms with van der Waals surface area (Å²) in [6.45, 7) is -0.218. The molecule has 0 atom stereocenters. The normalized spacial score (nSPS) is 12.5. The van der Waals surface area contributed by atoms with Crippen molar-refractivity contribution in [1.82, 2.24) is 9.78 Å². The van der Waals surface area contributed by atoms with Gasteiger partial charge in [-0.25, -0.2) is 4.68 Å². The van der Waals surface area contributed by atoms with Gasteiger partial charge in [0.25, 0.3) is 0 Å². The van der Waals surface area contributed by atoms with Crippen molar-refractivity contribution in [2.45, 2.75) is 19.1 Å². The molecule has 0 saturated carbocycles. The number of benzene rings is 1. The molecule has 4 nitrogen and oxygen atoms in total. The van der Waals surface area contributed by atoms with E-state index in [4.69, 9.17) is 5.73 Å². The van der Waals surface area contributed by atoms with Gasteiger partial charge < -0.3 is 10.5 Å². The molecule has 10 heteroatoms. The summed E-state index contributed by atoms with van der Waals surface area (Å²) in [7, 11) is 0. The van der Waals surface area contributed by atoms with E-state index in [1.54, 1.807) is 0 Å². The molecule has 2 N–H and O–H groups in total. The maximum atomic E-state index is 12.6. The van der Waals surface area contributed by atoms with Gasteiger partial charge in [-0.1, -0.05) is 0 Å². The Morgan fingerprint density at radius 1 is 1.05 bits per heavy atom. The molecule has 2 aromatic rings. The van der Waals surface area contributed by atoms with Gasteiger partial charge in [-0.3, -0.25) is 0 Å². The minimum atomic E-state index is -4.85. The average molecular weight is 325 g/mol. The largest absolute Gasteiger partial charge is 0.573 e. The van der Waals surface area contributed by atoms with E-state index >= 15 is 0 Å². The van der Waals surface area contributed by atoms with Crippen LogP contribution in [0.15, 0.2) is 30.3 Å². The van der Waals surface area contributed by atoms with Crippen LogP contribution >= 0.6 is 0 Å². The van der Waals surface area contributed by atoms with Gasteiger partial charge in [0.1, 0.15) is 5.75 Å². The molecule has 0 bridgehead atoms. The maximum Gasteiger partial charge on any atom is 0.573 e. The number of halogens is 6. The van der Waals surface area contributed by atoms with Crippen LogP contribution in [-0.2, 0) is 12.7 Å². The van der Waals surface area contributed by atoms with Crippen LogP contribution in [0.3, 0.4) is 0 Å². The first-order chi connectivity index (χ1) is 10.1. The fourth-order valence-corrected chi connectivity index (χ4v) is 1.72. The Labute approximate surface area is 120 Å². The summed E-state index contributed by atoms with van der Waals surface area (Å²) in [6.07, 6.45) is -9.49. The summed E-state index contributed by atoms with van der Waals surface area (Å²) < 4.78 is 78.6. The van der Waals surface area contributed by atoms with Crippen molar-refractivity contribution in [2.24, 2.45) is 5.73 Å². The van der Waals surface area contributed by atoms with Crippen LogP contribution < -0.4 is 10.5 Å². The van der Waals surface area contributed by atoms with Crippen molar-refractivity contribution in [3.05, 3.63) is 41.7 Å². The van der Waals surface area contributed by atoms with Crippen LogP contribution in [-0.4, -0.2) is 16.1 Å². The van der Waals surface area contributed by atoms with Crippen molar-refractivity contribution in [3.8, 4) is 11.4 Å². The van der Waals surface area contributed by atoms with Crippen molar-refractivity contribution < 1.29 is 31.1 Å². The summed E-state index contributed by atoms with van der Waals surface area (Å²) in [4.78, 5) is 0. The SMILES string of the molecule is NCc1cc(C(F)(F)F)nn1-c1ccc(OC(F)(F)F)cc1. The van der Waals surface area contributed by atoms with Gasteiger partial charge in [-0.15, -0.1) is 13.2 Å². The third kappa shape index (κ3) is 3.70. The topological polar surface area (TPSA) is 53.1 Å². The van der Waals surface area contributed by atoms with Gasteiger partial charge in [0, 0.05) is 6.54 Å². The number of aromatic nitrogens is 2. The molecule has 0 radical (unpaired) electrons. The van der Waals surface area contributed by atoms with Gasteiger partial charge in [0.2, 0.25) is 0 Å². The lowest BCUT2D eigenvalue weighted by molar-refractivity contribution is -0.274. The zero-order chi connectivity index (χ0) is 16.5. The number of alkyl halides is 6. The zero-order valence-electron chi connectivity index (χ0n) is 10.7. The van der Waals surface area contributed by atoms with Gasteiger partial charge in [-0.05, 0) is 30.3 Å². The Bertz CT molecular complexity index is 644. The molecular formula is C12H9F6N3O. The molecule has 0 aliphatic rings. The van der Waals surface area contributed by atoms with Crippen molar-refractivity contribution in [3.63, 3.8) is 0 Å². The standard InChI is InChI=1S/C12H9F6N3O/c13-11(14,15)10-5-8(6-19)21(20-10)7-1-3-9(4-2-7)22-12(16,17)18/h1-5H,6,19H2. The van der Waals surface area contributed by atoms with E-state index in [2.05, 4.69) is 9.84 Å². The predicted molar refractivity (Wildman–Crippen MR) is 63.1 cm³/mol. The molecule has 0 saturated heterocycles. The number of rotatable bonds is 3. The Morgan fingerprint density at radius 2 is 1.64 bits per heavy atom. The van der Waals surface area contributed by atoms with E-state index in [-0.39, 0.29) is 17.9 Å². The molecule has 22 heavy (non-hydrogen) atoms. The monoisotopic (exact) mass is 325 g/mol. The van der Waals surface area contributed by atoms with Gasteiger partial charge >= 0.3 is 12.5 Å². The molecule has 1 heterocycles. The van der Waals surface area contributed by atoms with E-state index in [1.165, 1.54) is 0 Å². The smallest absolute Gasteiger partial charge is 0.406 e. The molecule has 120 valence electrons. The summed E-state index contributed by atoms with van der Waals surface area (Å²) in [5, 5.41) is 3.38. The van der Waals surface area contributed by atoms with Crippen molar-refractivity contribution in [1.29, 1.82) is 0 Å². The fourth-order valence-electron chi connectivity index (χ4n) is 1.72. The first-order valence-electron chi connectivity index (χ1n) is 5.82. The van der Waals surface area contributed by atoms with Crippen LogP contribution in [0, 0.1) is 0 Å². The second kappa shape index (κ2) is 5.52. The lowest BCUT2D eigenvalue weighted by Crippen LogP contribution is -2.17. The molecular weight excluding hydrogens is 316 g/mol. The molecule has 0 fully saturated rings. The first kappa shape index (κ1) is 16.1. The Morgan fingerprint density at radius 3 is 2.09 bits per heavy atom. The summed E-state index contributed by atoms with van der Waals surface area (Å²) in [5.74, 6) is -0.492. The summed E-state index contributed by atoms with van der Waals surface area (Å²) in [5.41, 5.74) is 4.42. The molecule has 0 unspecified atom stereocenters. The lowest BCUT2D eigenvalue weighted by Gasteiger charge is -2.10. The number of hydrogen-bond donors (Lipinski definition) is 1. The number of nitrogens with two attached hydrogens (primary N) is 1. The van der Waals surface area contributed by atoms with Crippen molar-refractivity contribution in [2.75, 3.05) is 0 Å². The third-order valence-corrected chi connectivity index (χ3v) is 2.60. The molecule has 2 rings (SSSR count). The van der Waals surface area contributed by atoms with Crippen molar-refractivity contribution >= 4 is 0 Å².